The molecule has 0 saturated carbocycles. The second-order valence-electron chi connectivity index (χ2n) is 5.27. The van der Waals surface area contributed by atoms with Gasteiger partial charge in [-0.15, -0.1) is 0 Å². The number of ketones is 1. The molecule has 0 aromatic carbocycles. The van der Waals surface area contributed by atoms with E-state index in [0.717, 1.165) is 11.9 Å². The van der Waals surface area contributed by atoms with Gasteiger partial charge in [0.05, 0.1) is 0 Å². The molecule has 0 aliphatic carbocycles. The number of rotatable bonds is 4. The minimum absolute atomic E-state index is 0.182. The van der Waals surface area contributed by atoms with Crippen molar-refractivity contribution >= 4 is 13.9 Å². The number of hydrogen-bond donors (Lipinski definition) is 0. The lowest BCUT2D eigenvalue weighted by molar-refractivity contribution is 0.0983. The molecular weight excluding hydrogens is 204 g/mol. The van der Waals surface area contributed by atoms with Gasteiger partial charge in [0.25, 0.3) is 0 Å². The van der Waals surface area contributed by atoms with Gasteiger partial charge in [-0.3, -0.25) is 4.79 Å². The SMILES string of the molecule is Cc1nc(C(=O)CC[Si](C)(C)C)cn1C. The zero-order valence-corrected chi connectivity index (χ0v) is 11.3. The van der Waals surface area contributed by atoms with Crippen molar-refractivity contribution in [3.05, 3.63) is 17.7 Å². The molecule has 84 valence electrons. The average molecular weight is 224 g/mol. The molecule has 1 rings (SSSR count). The standard InChI is InChI=1S/C11H20N2OSi/c1-9-12-10(8-13(9)2)11(14)6-7-15(3,4)5/h8H,6-7H2,1-5H3. The van der Waals surface area contributed by atoms with Crippen molar-refractivity contribution in [2.45, 2.75) is 39.0 Å². The largest absolute Gasteiger partial charge is 0.337 e. The van der Waals surface area contributed by atoms with Crippen LogP contribution >= 0.6 is 0 Å². The topological polar surface area (TPSA) is 34.9 Å². The fourth-order valence-electron chi connectivity index (χ4n) is 1.31. The van der Waals surface area contributed by atoms with E-state index in [-0.39, 0.29) is 5.78 Å². The van der Waals surface area contributed by atoms with Crippen LogP contribution in [0, 0.1) is 6.92 Å². The Morgan fingerprint density at radius 3 is 2.47 bits per heavy atom. The first-order chi connectivity index (χ1) is 6.79. The van der Waals surface area contributed by atoms with E-state index < -0.39 is 8.07 Å². The Labute approximate surface area is 92.5 Å². The zero-order valence-electron chi connectivity index (χ0n) is 10.3. The summed E-state index contributed by atoms with van der Waals surface area (Å²) in [5.41, 5.74) is 0.619. The normalized spacial score (nSPS) is 11.8. The highest BCUT2D eigenvalue weighted by Crippen LogP contribution is 2.14. The van der Waals surface area contributed by atoms with E-state index in [1.807, 2.05) is 24.7 Å². The predicted octanol–water partition coefficient (Wildman–Crippen LogP) is 2.64. The molecule has 0 saturated heterocycles. The van der Waals surface area contributed by atoms with Crippen molar-refractivity contribution in [2.24, 2.45) is 7.05 Å². The second-order valence-corrected chi connectivity index (χ2v) is 10.9. The second kappa shape index (κ2) is 4.31. The van der Waals surface area contributed by atoms with E-state index in [1.165, 1.54) is 0 Å². The Morgan fingerprint density at radius 2 is 2.07 bits per heavy atom. The third kappa shape index (κ3) is 3.62. The Hall–Kier alpha value is -0.903. The monoisotopic (exact) mass is 224 g/mol. The summed E-state index contributed by atoms with van der Waals surface area (Å²) in [6.07, 6.45) is 2.47. The third-order valence-corrected chi connectivity index (χ3v) is 4.25. The maximum Gasteiger partial charge on any atom is 0.182 e. The lowest BCUT2D eigenvalue weighted by Gasteiger charge is -2.13. The molecule has 0 bridgehead atoms. The number of aryl methyl sites for hydroxylation is 2. The molecule has 1 heterocycles. The van der Waals surface area contributed by atoms with Gasteiger partial charge in [0.1, 0.15) is 11.5 Å². The number of hydrogen-bond acceptors (Lipinski definition) is 2. The van der Waals surface area contributed by atoms with Crippen LogP contribution in [0.4, 0.5) is 0 Å². The maximum absolute atomic E-state index is 11.8. The minimum atomic E-state index is -1.12. The van der Waals surface area contributed by atoms with Crippen LogP contribution in [-0.4, -0.2) is 23.4 Å². The van der Waals surface area contributed by atoms with E-state index in [2.05, 4.69) is 24.6 Å². The van der Waals surface area contributed by atoms with Crippen LogP contribution in [0.15, 0.2) is 6.20 Å². The molecule has 0 unspecified atom stereocenters. The highest BCUT2D eigenvalue weighted by Gasteiger charge is 2.17. The van der Waals surface area contributed by atoms with Crippen molar-refractivity contribution in [3.63, 3.8) is 0 Å². The first-order valence-electron chi connectivity index (χ1n) is 5.33. The van der Waals surface area contributed by atoms with Gasteiger partial charge < -0.3 is 4.57 Å². The Kier molecular flexibility index (Phi) is 3.49. The summed E-state index contributed by atoms with van der Waals surface area (Å²) < 4.78 is 1.89. The van der Waals surface area contributed by atoms with E-state index >= 15 is 0 Å². The summed E-state index contributed by atoms with van der Waals surface area (Å²) in [5, 5.41) is 0. The van der Waals surface area contributed by atoms with Crippen LogP contribution in [0.2, 0.25) is 25.7 Å². The van der Waals surface area contributed by atoms with Crippen molar-refractivity contribution in [1.82, 2.24) is 9.55 Å². The van der Waals surface area contributed by atoms with E-state index in [1.54, 1.807) is 0 Å². The Balaban J connectivity index is 2.62. The molecule has 1 aromatic heterocycles. The van der Waals surface area contributed by atoms with Gasteiger partial charge in [0, 0.05) is 27.7 Å². The summed E-state index contributed by atoms with van der Waals surface area (Å²) in [4.78, 5) is 16.0. The number of Topliss-reactive ketones (excluding diaryl/α,β-unsaturated/α-hetero) is 1. The fourth-order valence-corrected chi connectivity index (χ4v) is 2.29. The molecule has 4 heteroatoms. The summed E-state index contributed by atoms with van der Waals surface area (Å²) in [6.45, 7) is 8.76. The molecule has 0 fully saturated rings. The van der Waals surface area contributed by atoms with Crippen molar-refractivity contribution < 1.29 is 4.79 Å². The summed E-state index contributed by atoms with van der Waals surface area (Å²) in [7, 11) is 0.799. The molecule has 0 atom stereocenters. The lowest BCUT2D eigenvalue weighted by atomic mass is 10.2. The van der Waals surface area contributed by atoms with Gasteiger partial charge in [0.2, 0.25) is 0 Å². The molecule has 0 amide bonds. The van der Waals surface area contributed by atoms with Crippen LogP contribution < -0.4 is 0 Å². The number of carbonyl (C=O) groups is 1. The first kappa shape index (κ1) is 12.2. The van der Waals surface area contributed by atoms with Crippen LogP contribution in [0.5, 0.6) is 0 Å². The number of aromatic nitrogens is 2. The highest BCUT2D eigenvalue weighted by molar-refractivity contribution is 6.76. The van der Waals surface area contributed by atoms with Gasteiger partial charge >= 0.3 is 0 Å². The molecule has 0 spiro atoms. The van der Waals surface area contributed by atoms with Gasteiger partial charge in [-0.1, -0.05) is 25.7 Å². The predicted molar refractivity (Wildman–Crippen MR) is 65.0 cm³/mol. The maximum atomic E-state index is 11.8. The van der Waals surface area contributed by atoms with Crippen LogP contribution in [0.1, 0.15) is 22.7 Å². The van der Waals surface area contributed by atoms with Gasteiger partial charge in [0.15, 0.2) is 5.78 Å². The van der Waals surface area contributed by atoms with E-state index in [9.17, 15) is 4.79 Å². The number of nitrogens with zero attached hydrogens (tertiary/aromatic N) is 2. The molecule has 1 aromatic rings. The summed E-state index contributed by atoms with van der Waals surface area (Å²) >= 11 is 0. The van der Waals surface area contributed by atoms with Crippen LogP contribution in [0.25, 0.3) is 0 Å². The molecule has 3 nitrogen and oxygen atoms in total. The third-order valence-electron chi connectivity index (χ3n) is 2.50. The van der Waals surface area contributed by atoms with E-state index in [0.29, 0.717) is 12.1 Å². The fraction of sp³-hybridized carbons (Fsp3) is 0.636. The van der Waals surface area contributed by atoms with Gasteiger partial charge in [-0.25, -0.2) is 4.98 Å². The number of imidazole rings is 1. The Bertz CT molecular complexity index is 344. The van der Waals surface area contributed by atoms with Crippen LogP contribution in [-0.2, 0) is 7.05 Å². The van der Waals surface area contributed by atoms with Gasteiger partial charge in [-0.05, 0) is 6.92 Å². The molecule has 0 aliphatic heterocycles. The highest BCUT2D eigenvalue weighted by atomic mass is 28.3. The Morgan fingerprint density at radius 1 is 1.47 bits per heavy atom. The molecule has 0 aliphatic rings. The summed E-state index contributed by atoms with van der Waals surface area (Å²) in [5.74, 6) is 1.08. The smallest absolute Gasteiger partial charge is 0.182 e. The average Bonchev–Trinajstić information content (AvgIpc) is 2.42. The van der Waals surface area contributed by atoms with Crippen molar-refractivity contribution in [1.29, 1.82) is 0 Å². The lowest BCUT2D eigenvalue weighted by Crippen LogP contribution is -2.20. The van der Waals surface area contributed by atoms with Gasteiger partial charge in [-0.2, -0.15) is 0 Å². The molecule has 0 radical (unpaired) electrons. The van der Waals surface area contributed by atoms with Crippen LogP contribution in [0.3, 0.4) is 0 Å². The van der Waals surface area contributed by atoms with E-state index in [4.69, 9.17) is 0 Å². The first-order valence-corrected chi connectivity index (χ1v) is 9.03. The molecule has 15 heavy (non-hydrogen) atoms. The minimum Gasteiger partial charge on any atom is -0.337 e. The summed E-state index contributed by atoms with van der Waals surface area (Å²) in [6, 6.07) is 1.04. The molecular formula is C11H20N2OSi. The molecule has 0 N–H and O–H groups in total. The number of carbonyl (C=O) groups excluding carboxylic acids is 1. The van der Waals surface area contributed by atoms with Crippen molar-refractivity contribution in [3.8, 4) is 0 Å². The quantitative estimate of drug-likeness (QED) is 0.582. The zero-order chi connectivity index (χ0) is 11.6. The van der Waals surface area contributed by atoms with Crippen molar-refractivity contribution in [2.75, 3.05) is 0 Å².